The first kappa shape index (κ1) is 14.7. The molecule has 0 unspecified atom stereocenters. The van der Waals surface area contributed by atoms with E-state index >= 15 is 0 Å². The summed E-state index contributed by atoms with van der Waals surface area (Å²) >= 11 is 0. The number of urea groups is 1. The summed E-state index contributed by atoms with van der Waals surface area (Å²) < 4.78 is 5.27. The van der Waals surface area contributed by atoms with Gasteiger partial charge in [0.1, 0.15) is 12.1 Å². The average molecular weight is 317 g/mol. The predicted molar refractivity (Wildman–Crippen MR) is 85.5 cm³/mol. The second-order valence-corrected chi connectivity index (χ2v) is 6.58. The van der Waals surface area contributed by atoms with Crippen molar-refractivity contribution in [3.8, 4) is 0 Å². The summed E-state index contributed by atoms with van der Waals surface area (Å²) in [6.45, 7) is 4.26. The number of nitrogens with one attached hydrogen (secondary N) is 1. The highest BCUT2D eigenvalue weighted by Gasteiger charge is 2.31. The van der Waals surface area contributed by atoms with Crippen molar-refractivity contribution in [1.82, 2.24) is 20.2 Å². The fourth-order valence-electron chi connectivity index (χ4n) is 3.25. The van der Waals surface area contributed by atoms with Crippen molar-refractivity contribution < 1.29 is 9.53 Å². The van der Waals surface area contributed by atoms with Gasteiger partial charge < -0.3 is 19.9 Å². The van der Waals surface area contributed by atoms with Gasteiger partial charge in [-0.05, 0) is 12.8 Å². The normalized spacial score (nSPS) is 22.4. The first-order chi connectivity index (χ1) is 11.3. The molecule has 1 aliphatic carbocycles. The summed E-state index contributed by atoms with van der Waals surface area (Å²) in [5.41, 5.74) is 1.17. The Bertz CT molecular complexity index is 565. The molecular weight excluding hydrogens is 294 g/mol. The third-order valence-corrected chi connectivity index (χ3v) is 5.03. The lowest BCUT2D eigenvalue weighted by atomic mass is 9.83. The second kappa shape index (κ2) is 6.31. The van der Waals surface area contributed by atoms with Gasteiger partial charge in [-0.15, -0.1) is 0 Å². The molecule has 2 aliphatic heterocycles. The van der Waals surface area contributed by atoms with E-state index in [1.165, 1.54) is 25.0 Å². The number of hydrogen-bond acceptors (Lipinski definition) is 5. The molecular formula is C16H23N5O2. The van der Waals surface area contributed by atoms with E-state index in [1.807, 2.05) is 4.90 Å². The maximum atomic E-state index is 12.1. The maximum absolute atomic E-state index is 12.1. The Morgan fingerprint density at radius 2 is 2.00 bits per heavy atom. The standard InChI is InChI=1S/C16H23N5O2/c22-16(20-4-6-23-7-5-20)19-13-9-21(10-13)15-8-14(17-11-18-15)12-2-1-3-12/h8,11-13H,1-7,9-10H2,(H,19,22). The lowest BCUT2D eigenvalue weighted by Crippen LogP contribution is -2.62. The molecule has 0 spiro atoms. The highest BCUT2D eigenvalue weighted by atomic mass is 16.5. The first-order valence-electron chi connectivity index (χ1n) is 8.49. The number of morpholine rings is 1. The van der Waals surface area contributed by atoms with E-state index in [-0.39, 0.29) is 12.1 Å². The quantitative estimate of drug-likeness (QED) is 0.900. The van der Waals surface area contributed by atoms with Crippen molar-refractivity contribution in [3.63, 3.8) is 0 Å². The minimum Gasteiger partial charge on any atom is -0.378 e. The molecule has 0 bridgehead atoms. The maximum Gasteiger partial charge on any atom is 0.317 e. The molecule has 0 atom stereocenters. The Labute approximate surface area is 136 Å². The molecule has 0 radical (unpaired) electrons. The van der Waals surface area contributed by atoms with Crippen LogP contribution >= 0.6 is 0 Å². The zero-order valence-corrected chi connectivity index (χ0v) is 13.3. The Kier molecular flexibility index (Phi) is 4.03. The average Bonchev–Trinajstić information content (AvgIpc) is 2.50. The number of ether oxygens (including phenoxy) is 1. The fourth-order valence-corrected chi connectivity index (χ4v) is 3.25. The van der Waals surface area contributed by atoms with E-state index in [0.29, 0.717) is 32.2 Å². The summed E-state index contributed by atoms with van der Waals surface area (Å²) in [7, 11) is 0. The molecule has 2 amide bonds. The molecule has 1 N–H and O–H groups in total. The Morgan fingerprint density at radius 1 is 1.22 bits per heavy atom. The topological polar surface area (TPSA) is 70.6 Å². The van der Waals surface area contributed by atoms with Crippen LogP contribution in [0.1, 0.15) is 30.9 Å². The number of aromatic nitrogens is 2. The number of rotatable bonds is 3. The number of carbonyl (C=O) groups excluding carboxylic acids is 1. The van der Waals surface area contributed by atoms with Crippen LogP contribution in [0.4, 0.5) is 10.6 Å². The second-order valence-electron chi connectivity index (χ2n) is 6.58. The lowest BCUT2D eigenvalue weighted by Gasteiger charge is -2.41. The van der Waals surface area contributed by atoms with Crippen LogP contribution in [-0.4, -0.2) is 66.3 Å². The highest BCUT2D eigenvalue weighted by Crippen LogP contribution is 2.36. The van der Waals surface area contributed by atoms with Crippen LogP contribution in [0.2, 0.25) is 0 Å². The van der Waals surface area contributed by atoms with Gasteiger partial charge in [-0.1, -0.05) is 6.42 Å². The van der Waals surface area contributed by atoms with Gasteiger partial charge in [-0.3, -0.25) is 0 Å². The summed E-state index contributed by atoms with van der Waals surface area (Å²) in [5, 5.41) is 3.09. The Balaban J connectivity index is 1.28. The minimum atomic E-state index is 0.0239. The third-order valence-electron chi connectivity index (χ3n) is 5.03. The van der Waals surface area contributed by atoms with Gasteiger partial charge in [0, 0.05) is 43.9 Å². The van der Waals surface area contributed by atoms with Gasteiger partial charge in [0.25, 0.3) is 0 Å². The molecule has 124 valence electrons. The summed E-state index contributed by atoms with van der Waals surface area (Å²) in [6, 6.07) is 2.34. The lowest BCUT2D eigenvalue weighted by molar-refractivity contribution is 0.0522. The molecule has 1 aromatic heterocycles. The molecule has 7 nitrogen and oxygen atoms in total. The van der Waals surface area contributed by atoms with E-state index < -0.39 is 0 Å². The van der Waals surface area contributed by atoms with E-state index in [9.17, 15) is 4.79 Å². The minimum absolute atomic E-state index is 0.0239. The fraction of sp³-hybridized carbons (Fsp3) is 0.688. The SMILES string of the molecule is O=C(NC1CN(c2cc(C3CCC3)ncn2)C1)N1CCOCC1. The van der Waals surface area contributed by atoms with Crippen LogP contribution < -0.4 is 10.2 Å². The van der Waals surface area contributed by atoms with Crippen molar-refractivity contribution in [2.75, 3.05) is 44.3 Å². The highest BCUT2D eigenvalue weighted by molar-refractivity contribution is 5.75. The monoisotopic (exact) mass is 317 g/mol. The number of anilines is 1. The van der Waals surface area contributed by atoms with E-state index in [2.05, 4.69) is 26.3 Å². The zero-order chi connectivity index (χ0) is 15.6. The van der Waals surface area contributed by atoms with Crippen LogP contribution in [0.3, 0.4) is 0 Å². The molecule has 4 rings (SSSR count). The third kappa shape index (κ3) is 3.10. The summed E-state index contributed by atoms with van der Waals surface area (Å²) in [5.74, 6) is 1.61. The van der Waals surface area contributed by atoms with Gasteiger partial charge in [0.05, 0.1) is 19.3 Å². The largest absolute Gasteiger partial charge is 0.378 e. The van der Waals surface area contributed by atoms with Gasteiger partial charge in [-0.25, -0.2) is 14.8 Å². The molecule has 7 heteroatoms. The van der Waals surface area contributed by atoms with Crippen molar-refractivity contribution >= 4 is 11.8 Å². The zero-order valence-electron chi connectivity index (χ0n) is 13.3. The van der Waals surface area contributed by atoms with Gasteiger partial charge in [-0.2, -0.15) is 0 Å². The molecule has 23 heavy (non-hydrogen) atoms. The number of carbonyl (C=O) groups is 1. The van der Waals surface area contributed by atoms with Crippen molar-refractivity contribution in [1.29, 1.82) is 0 Å². The van der Waals surface area contributed by atoms with Crippen LogP contribution in [0, 0.1) is 0 Å². The Hall–Kier alpha value is -1.89. The van der Waals surface area contributed by atoms with Crippen LogP contribution in [0.15, 0.2) is 12.4 Å². The van der Waals surface area contributed by atoms with Gasteiger partial charge >= 0.3 is 6.03 Å². The van der Waals surface area contributed by atoms with Crippen molar-refractivity contribution in [3.05, 3.63) is 18.1 Å². The molecule has 3 aliphatic rings. The molecule has 1 aromatic rings. The number of nitrogens with zero attached hydrogens (tertiary/aromatic N) is 4. The van der Waals surface area contributed by atoms with Crippen LogP contribution in [0.25, 0.3) is 0 Å². The van der Waals surface area contributed by atoms with Gasteiger partial charge in [0.15, 0.2) is 0 Å². The van der Waals surface area contributed by atoms with Gasteiger partial charge in [0.2, 0.25) is 0 Å². The summed E-state index contributed by atoms with van der Waals surface area (Å²) in [4.78, 5) is 25.0. The molecule has 3 heterocycles. The van der Waals surface area contributed by atoms with Crippen molar-refractivity contribution in [2.24, 2.45) is 0 Å². The molecule has 1 saturated carbocycles. The first-order valence-corrected chi connectivity index (χ1v) is 8.49. The predicted octanol–water partition coefficient (Wildman–Crippen LogP) is 0.974. The van der Waals surface area contributed by atoms with Crippen LogP contribution in [-0.2, 0) is 4.74 Å². The molecule has 2 saturated heterocycles. The van der Waals surface area contributed by atoms with Crippen LogP contribution in [0.5, 0.6) is 0 Å². The van der Waals surface area contributed by atoms with E-state index in [1.54, 1.807) is 6.33 Å². The Morgan fingerprint density at radius 3 is 2.70 bits per heavy atom. The van der Waals surface area contributed by atoms with Crippen molar-refractivity contribution in [2.45, 2.75) is 31.2 Å². The number of hydrogen-bond donors (Lipinski definition) is 1. The number of amides is 2. The smallest absolute Gasteiger partial charge is 0.317 e. The molecule has 0 aromatic carbocycles. The van der Waals surface area contributed by atoms with E-state index in [0.717, 1.165) is 18.9 Å². The molecule has 3 fully saturated rings. The van der Waals surface area contributed by atoms with E-state index in [4.69, 9.17) is 4.74 Å². The summed E-state index contributed by atoms with van der Waals surface area (Å²) in [6.07, 6.45) is 5.47.